The maximum absolute atomic E-state index is 13.3. The van der Waals surface area contributed by atoms with Crippen molar-refractivity contribution in [1.29, 1.82) is 10.5 Å². The lowest BCUT2D eigenvalue weighted by Gasteiger charge is -2.24. The van der Waals surface area contributed by atoms with Gasteiger partial charge in [0.1, 0.15) is 28.5 Å². The van der Waals surface area contributed by atoms with Crippen LogP contribution >= 0.6 is 23.5 Å². The van der Waals surface area contributed by atoms with E-state index in [-0.39, 0.29) is 22.7 Å². The number of hydrogen-bond donors (Lipinski definition) is 1. The van der Waals surface area contributed by atoms with Gasteiger partial charge in [0.25, 0.3) is 0 Å². The molecule has 1 aliphatic heterocycles. The Hall–Kier alpha value is -3.79. The number of nitriles is 2. The standard InChI is InChI=1S/C25H18N4O3S2/c1-13-6-8-14(9-7-13)20-17(10-26)23(28)29-24(18(20)11-27)34-19-12-33-22-15(21(19)30)4-3-5-16(22)25(31)32-2/h3-9,19H,12H2,1-2H3,(H2,28,29). The molecular formula is C25H18N4O3S2. The second kappa shape index (κ2) is 9.60. The Balaban J connectivity index is 1.77. The molecule has 0 fully saturated rings. The number of benzene rings is 2. The fourth-order valence-corrected chi connectivity index (χ4v) is 6.18. The Labute approximate surface area is 204 Å². The Bertz CT molecular complexity index is 1410. The monoisotopic (exact) mass is 486 g/mol. The summed E-state index contributed by atoms with van der Waals surface area (Å²) < 4.78 is 4.83. The molecule has 1 unspecified atom stereocenters. The van der Waals surface area contributed by atoms with Crippen LogP contribution in [0.2, 0.25) is 0 Å². The van der Waals surface area contributed by atoms with Crippen LogP contribution in [0.1, 0.15) is 37.4 Å². The van der Waals surface area contributed by atoms with Crippen molar-refractivity contribution in [3.05, 3.63) is 70.3 Å². The predicted octanol–water partition coefficient (Wildman–Crippen LogP) is 4.62. The van der Waals surface area contributed by atoms with E-state index in [0.29, 0.717) is 37.9 Å². The highest BCUT2D eigenvalue weighted by Gasteiger charge is 2.33. The summed E-state index contributed by atoms with van der Waals surface area (Å²) in [5.41, 5.74) is 9.33. The first-order chi connectivity index (χ1) is 16.4. The highest BCUT2D eigenvalue weighted by Crippen LogP contribution is 2.42. The van der Waals surface area contributed by atoms with Crippen molar-refractivity contribution >= 4 is 41.1 Å². The van der Waals surface area contributed by atoms with E-state index in [4.69, 9.17) is 10.5 Å². The molecule has 0 radical (unpaired) electrons. The van der Waals surface area contributed by atoms with Gasteiger partial charge in [0.05, 0.1) is 23.5 Å². The molecule has 0 saturated carbocycles. The van der Waals surface area contributed by atoms with Crippen LogP contribution in [0, 0.1) is 29.6 Å². The minimum absolute atomic E-state index is 0.00358. The lowest BCUT2D eigenvalue weighted by atomic mass is 9.96. The molecule has 0 spiro atoms. The van der Waals surface area contributed by atoms with Crippen molar-refractivity contribution in [2.45, 2.75) is 22.1 Å². The maximum atomic E-state index is 13.3. The number of ketones is 1. The van der Waals surface area contributed by atoms with Crippen LogP contribution in [0.25, 0.3) is 11.1 Å². The van der Waals surface area contributed by atoms with Gasteiger partial charge in [-0.05, 0) is 18.6 Å². The van der Waals surface area contributed by atoms with E-state index in [1.165, 1.54) is 18.9 Å². The number of anilines is 1. The summed E-state index contributed by atoms with van der Waals surface area (Å²) >= 11 is 2.52. The number of fused-ring (bicyclic) bond motifs is 1. The number of carbonyl (C=O) groups is 2. The molecule has 1 atom stereocenters. The SMILES string of the molecule is COC(=O)c1cccc2c1SCC(Sc1nc(N)c(C#N)c(-c3ccc(C)cc3)c1C#N)C2=O. The highest BCUT2D eigenvalue weighted by molar-refractivity contribution is 8.04. The summed E-state index contributed by atoms with van der Waals surface area (Å²) in [6.45, 7) is 1.94. The molecule has 2 heterocycles. The van der Waals surface area contributed by atoms with Crippen molar-refractivity contribution in [3.8, 4) is 23.3 Å². The van der Waals surface area contributed by atoms with Gasteiger partial charge in [-0.2, -0.15) is 10.5 Å². The highest BCUT2D eigenvalue weighted by atomic mass is 32.2. The van der Waals surface area contributed by atoms with E-state index >= 15 is 0 Å². The normalized spacial score (nSPS) is 14.6. The van der Waals surface area contributed by atoms with Crippen molar-refractivity contribution in [1.82, 2.24) is 4.98 Å². The molecule has 0 aliphatic carbocycles. The molecule has 1 aliphatic rings. The number of aromatic nitrogens is 1. The van der Waals surface area contributed by atoms with Crippen LogP contribution in [0.15, 0.2) is 52.4 Å². The number of ether oxygens (including phenoxy) is 1. The zero-order valence-electron chi connectivity index (χ0n) is 18.3. The number of Topliss-reactive ketones (excluding diaryl/α,β-unsaturated/α-hetero) is 1. The third kappa shape index (κ3) is 4.12. The van der Waals surface area contributed by atoms with Crippen LogP contribution in [0.4, 0.5) is 5.82 Å². The average molecular weight is 487 g/mol. The van der Waals surface area contributed by atoms with Crippen LogP contribution in [-0.2, 0) is 4.74 Å². The Morgan fingerprint density at radius 3 is 2.53 bits per heavy atom. The van der Waals surface area contributed by atoms with Crippen LogP contribution in [0.5, 0.6) is 0 Å². The summed E-state index contributed by atoms with van der Waals surface area (Å²) in [6.07, 6.45) is 0. The first-order valence-electron chi connectivity index (χ1n) is 10.1. The second-order valence-corrected chi connectivity index (χ2v) is 9.69. The van der Waals surface area contributed by atoms with E-state index in [1.54, 1.807) is 18.2 Å². The lowest BCUT2D eigenvalue weighted by molar-refractivity contribution is 0.0596. The molecule has 0 saturated heterocycles. The average Bonchev–Trinajstić information content (AvgIpc) is 2.85. The minimum atomic E-state index is -0.553. The number of rotatable bonds is 4. The smallest absolute Gasteiger partial charge is 0.339 e. The maximum Gasteiger partial charge on any atom is 0.339 e. The minimum Gasteiger partial charge on any atom is -0.465 e. The van der Waals surface area contributed by atoms with E-state index in [1.807, 2.05) is 31.2 Å². The van der Waals surface area contributed by atoms with Crippen molar-refractivity contribution < 1.29 is 14.3 Å². The van der Waals surface area contributed by atoms with Crippen LogP contribution < -0.4 is 5.73 Å². The summed E-state index contributed by atoms with van der Waals surface area (Å²) in [4.78, 5) is 30.3. The molecule has 0 amide bonds. The van der Waals surface area contributed by atoms with E-state index in [9.17, 15) is 20.1 Å². The molecule has 2 aromatic carbocycles. The summed E-state index contributed by atoms with van der Waals surface area (Å²) in [7, 11) is 1.30. The number of methoxy groups -OCH3 is 1. The number of carbonyl (C=O) groups excluding carboxylic acids is 2. The zero-order valence-corrected chi connectivity index (χ0v) is 19.9. The molecule has 2 N–H and O–H groups in total. The van der Waals surface area contributed by atoms with E-state index < -0.39 is 11.2 Å². The van der Waals surface area contributed by atoms with Crippen molar-refractivity contribution in [2.75, 3.05) is 18.6 Å². The number of thioether (sulfide) groups is 2. The number of nitrogens with two attached hydrogens (primary N) is 1. The van der Waals surface area contributed by atoms with Gasteiger partial charge in [-0.25, -0.2) is 9.78 Å². The van der Waals surface area contributed by atoms with Gasteiger partial charge in [-0.1, -0.05) is 53.7 Å². The van der Waals surface area contributed by atoms with Gasteiger partial charge in [-0.15, -0.1) is 11.8 Å². The molecule has 3 aromatic rings. The number of nitrogens with zero attached hydrogens (tertiary/aromatic N) is 3. The van der Waals surface area contributed by atoms with Gasteiger partial charge < -0.3 is 10.5 Å². The third-order valence-corrected chi connectivity index (χ3v) is 7.99. The zero-order chi connectivity index (χ0) is 24.4. The molecule has 7 nitrogen and oxygen atoms in total. The fourth-order valence-electron chi connectivity index (χ4n) is 3.68. The van der Waals surface area contributed by atoms with Gasteiger partial charge >= 0.3 is 5.97 Å². The van der Waals surface area contributed by atoms with Gasteiger partial charge in [0, 0.05) is 21.8 Å². The largest absolute Gasteiger partial charge is 0.465 e. The van der Waals surface area contributed by atoms with Gasteiger partial charge in [-0.3, -0.25) is 4.79 Å². The molecule has 1 aromatic heterocycles. The summed E-state index contributed by atoms with van der Waals surface area (Å²) in [5, 5.41) is 19.5. The molecule has 168 valence electrons. The summed E-state index contributed by atoms with van der Waals surface area (Å²) in [5.74, 6) is -0.297. The van der Waals surface area contributed by atoms with Crippen LogP contribution in [0.3, 0.4) is 0 Å². The van der Waals surface area contributed by atoms with Crippen molar-refractivity contribution in [2.24, 2.45) is 0 Å². The Kier molecular flexibility index (Phi) is 6.60. The first-order valence-corrected chi connectivity index (χ1v) is 12.0. The molecule has 34 heavy (non-hydrogen) atoms. The van der Waals surface area contributed by atoms with Crippen molar-refractivity contribution in [3.63, 3.8) is 0 Å². The fraction of sp³-hybridized carbons (Fsp3) is 0.160. The lowest BCUT2D eigenvalue weighted by Crippen LogP contribution is -2.26. The Morgan fingerprint density at radius 2 is 1.88 bits per heavy atom. The Morgan fingerprint density at radius 1 is 1.18 bits per heavy atom. The van der Waals surface area contributed by atoms with Gasteiger partial charge in [0.2, 0.25) is 0 Å². The number of esters is 1. The van der Waals surface area contributed by atoms with Gasteiger partial charge in [0.15, 0.2) is 5.78 Å². The predicted molar refractivity (Wildman–Crippen MR) is 131 cm³/mol. The molecular weight excluding hydrogens is 468 g/mol. The number of pyridine rings is 1. The number of hydrogen-bond acceptors (Lipinski definition) is 9. The quantitative estimate of drug-likeness (QED) is 0.525. The number of aryl methyl sites for hydroxylation is 1. The molecule has 4 rings (SSSR count). The second-order valence-electron chi connectivity index (χ2n) is 7.47. The molecule has 9 heteroatoms. The number of nitrogen functional groups attached to an aromatic ring is 1. The van der Waals surface area contributed by atoms with Crippen LogP contribution in [-0.4, -0.2) is 34.8 Å². The van der Waals surface area contributed by atoms with E-state index in [0.717, 1.165) is 17.3 Å². The first kappa shape index (κ1) is 23.4. The van der Waals surface area contributed by atoms with E-state index in [2.05, 4.69) is 17.1 Å². The summed E-state index contributed by atoms with van der Waals surface area (Å²) in [6, 6.07) is 16.6. The third-order valence-electron chi connectivity index (χ3n) is 5.37. The topological polar surface area (TPSA) is 130 Å². The molecule has 0 bridgehead atoms.